The number of carbonyl (C=O) groups excluding carboxylic acids is 1. The van der Waals surface area contributed by atoms with Crippen molar-refractivity contribution in [3.05, 3.63) is 87.7 Å². The lowest BCUT2D eigenvalue weighted by Gasteiger charge is -2.03. The Morgan fingerprint density at radius 3 is 2.81 bits per heavy atom. The summed E-state index contributed by atoms with van der Waals surface area (Å²) in [4.78, 5) is 28.5. The van der Waals surface area contributed by atoms with Crippen LogP contribution in [0.25, 0.3) is 10.2 Å². The van der Waals surface area contributed by atoms with E-state index in [2.05, 4.69) is 10.3 Å². The van der Waals surface area contributed by atoms with Crippen molar-refractivity contribution in [3.63, 3.8) is 0 Å². The highest BCUT2D eigenvalue weighted by Gasteiger charge is 2.12. The molecule has 0 spiro atoms. The molecule has 6 nitrogen and oxygen atoms in total. The SMILES string of the molecule is O=C(NCCc1nc2ccccc2s1)c1ccc(Cn2ccccc2=O)o1. The van der Waals surface area contributed by atoms with E-state index in [9.17, 15) is 9.59 Å². The standard InChI is InChI=1S/C20H17N3O3S/c24-19-7-3-4-12-23(19)13-14-8-9-16(26-14)20(25)21-11-10-18-22-15-5-1-2-6-17(15)27-18/h1-9,12H,10-11,13H2,(H,21,25). The molecule has 1 aromatic carbocycles. The van der Waals surface area contributed by atoms with Gasteiger partial charge in [-0.3, -0.25) is 9.59 Å². The van der Waals surface area contributed by atoms with Crippen LogP contribution in [-0.2, 0) is 13.0 Å². The lowest BCUT2D eigenvalue weighted by Crippen LogP contribution is -2.25. The van der Waals surface area contributed by atoms with Crippen molar-refractivity contribution >= 4 is 27.5 Å². The molecule has 0 saturated carbocycles. The van der Waals surface area contributed by atoms with Crippen LogP contribution in [0.3, 0.4) is 0 Å². The maximum atomic E-state index is 12.2. The lowest BCUT2D eigenvalue weighted by molar-refractivity contribution is 0.0924. The predicted molar refractivity (Wildman–Crippen MR) is 104 cm³/mol. The minimum Gasteiger partial charge on any atom is -0.454 e. The third-order valence-corrected chi connectivity index (χ3v) is 5.17. The molecule has 4 aromatic rings. The van der Waals surface area contributed by atoms with Gasteiger partial charge in [-0.05, 0) is 30.3 Å². The Kier molecular flexibility index (Phi) is 4.84. The van der Waals surface area contributed by atoms with E-state index in [0.717, 1.165) is 15.2 Å². The number of thiazole rings is 1. The normalized spacial score (nSPS) is 11.0. The largest absolute Gasteiger partial charge is 0.454 e. The zero-order chi connectivity index (χ0) is 18.6. The van der Waals surface area contributed by atoms with Crippen LogP contribution in [0.5, 0.6) is 0 Å². The van der Waals surface area contributed by atoms with E-state index in [1.165, 1.54) is 10.6 Å². The Hall–Kier alpha value is -3.19. The molecule has 136 valence electrons. The molecule has 1 amide bonds. The minimum atomic E-state index is -0.275. The number of amides is 1. The number of nitrogens with zero attached hydrogens (tertiary/aromatic N) is 2. The first-order chi connectivity index (χ1) is 13.2. The van der Waals surface area contributed by atoms with Crippen LogP contribution in [0.1, 0.15) is 21.3 Å². The van der Waals surface area contributed by atoms with Crippen molar-refractivity contribution in [1.82, 2.24) is 14.9 Å². The highest BCUT2D eigenvalue weighted by molar-refractivity contribution is 7.18. The summed E-state index contributed by atoms with van der Waals surface area (Å²) in [7, 11) is 0. The highest BCUT2D eigenvalue weighted by atomic mass is 32.1. The predicted octanol–water partition coefficient (Wildman–Crippen LogP) is 3.07. The molecule has 0 saturated heterocycles. The van der Waals surface area contributed by atoms with Gasteiger partial charge in [-0.1, -0.05) is 18.2 Å². The molecular weight excluding hydrogens is 362 g/mol. The molecule has 0 aliphatic rings. The van der Waals surface area contributed by atoms with Gasteiger partial charge < -0.3 is 14.3 Å². The van der Waals surface area contributed by atoms with Gasteiger partial charge in [-0.2, -0.15) is 0 Å². The van der Waals surface area contributed by atoms with Crippen molar-refractivity contribution in [3.8, 4) is 0 Å². The number of hydrogen-bond acceptors (Lipinski definition) is 5. The zero-order valence-corrected chi connectivity index (χ0v) is 15.2. The molecular formula is C20H17N3O3S. The molecule has 0 aliphatic carbocycles. The van der Waals surface area contributed by atoms with Gasteiger partial charge in [0.25, 0.3) is 11.5 Å². The number of benzene rings is 1. The number of rotatable bonds is 6. The van der Waals surface area contributed by atoms with Gasteiger partial charge in [-0.25, -0.2) is 4.98 Å². The van der Waals surface area contributed by atoms with Crippen LogP contribution in [0.4, 0.5) is 0 Å². The Labute approximate surface area is 159 Å². The fourth-order valence-corrected chi connectivity index (χ4v) is 3.71. The molecule has 0 bridgehead atoms. The Morgan fingerprint density at radius 2 is 1.96 bits per heavy atom. The second-order valence-electron chi connectivity index (χ2n) is 6.01. The first-order valence-electron chi connectivity index (χ1n) is 8.56. The Morgan fingerprint density at radius 1 is 1.11 bits per heavy atom. The van der Waals surface area contributed by atoms with E-state index >= 15 is 0 Å². The van der Waals surface area contributed by atoms with Crippen LogP contribution in [0, 0.1) is 0 Å². The number of nitrogens with one attached hydrogen (secondary N) is 1. The van der Waals surface area contributed by atoms with Crippen LogP contribution in [0.15, 0.2) is 70.0 Å². The zero-order valence-electron chi connectivity index (χ0n) is 14.4. The maximum Gasteiger partial charge on any atom is 0.287 e. The number of para-hydroxylation sites is 1. The van der Waals surface area contributed by atoms with Crippen molar-refractivity contribution in [2.24, 2.45) is 0 Å². The van der Waals surface area contributed by atoms with Gasteiger partial charge in [-0.15, -0.1) is 11.3 Å². The number of pyridine rings is 1. The summed E-state index contributed by atoms with van der Waals surface area (Å²) < 4.78 is 8.24. The summed E-state index contributed by atoms with van der Waals surface area (Å²) >= 11 is 1.63. The molecule has 7 heteroatoms. The van der Waals surface area contributed by atoms with Crippen LogP contribution >= 0.6 is 11.3 Å². The summed E-state index contributed by atoms with van der Waals surface area (Å²) in [6.45, 7) is 0.769. The fourth-order valence-electron chi connectivity index (χ4n) is 2.74. The Bertz CT molecular complexity index is 1110. The second kappa shape index (κ2) is 7.59. The van der Waals surface area contributed by atoms with Gasteiger partial charge >= 0.3 is 0 Å². The molecule has 0 unspecified atom stereocenters. The molecule has 0 aliphatic heterocycles. The molecule has 1 N–H and O–H groups in total. The van der Waals surface area contributed by atoms with E-state index in [-0.39, 0.29) is 17.2 Å². The lowest BCUT2D eigenvalue weighted by atomic mass is 10.3. The van der Waals surface area contributed by atoms with E-state index in [0.29, 0.717) is 25.3 Å². The second-order valence-corrected chi connectivity index (χ2v) is 7.13. The van der Waals surface area contributed by atoms with Crippen LogP contribution in [-0.4, -0.2) is 22.0 Å². The third kappa shape index (κ3) is 3.98. The number of fused-ring (bicyclic) bond motifs is 1. The van der Waals surface area contributed by atoms with Crippen LogP contribution in [0.2, 0.25) is 0 Å². The summed E-state index contributed by atoms with van der Waals surface area (Å²) in [5.41, 5.74) is 0.867. The van der Waals surface area contributed by atoms with Crippen molar-refractivity contribution in [2.45, 2.75) is 13.0 Å². The minimum absolute atomic E-state index is 0.115. The average Bonchev–Trinajstić information content (AvgIpc) is 3.30. The Balaban J connectivity index is 1.34. The fraction of sp³-hybridized carbons (Fsp3) is 0.150. The van der Waals surface area contributed by atoms with Gasteiger partial charge in [0.1, 0.15) is 5.76 Å². The van der Waals surface area contributed by atoms with Gasteiger partial charge in [0.15, 0.2) is 5.76 Å². The van der Waals surface area contributed by atoms with E-state index < -0.39 is 0 Å². The number of hydrogen-bond donors (Lipinski definition) is 1. The van der Waals surface area contributed by atoms with Crippen LogP contribution < -0.4 is 10.9 Å². The van der Waals surface area contributed by atoms with Crippen molar-refractivity contribution in [1.29, 1.82) is 0 Å². The highest BCUT2D eigenvalue weighted by Crippen LogP contribution is 2.21. The summed E-state index contributed by atoms with van der Waals surface area (Å²) in [6.07, 6.45) is 2.35. The van der Waals surface area contributed by atoms with Gasteiger partial charge in [0, 0.05) is 25.2 Å². The molecule has 4 rings (SSSR count). The number of aromatic nitrogens is 2. The van der Waals surface area contributed by atoms with E-state index in [1.54, 1.807) is 41.8 Å². The molecule has 0 fully saturated rings. The monoisotopic (exact) mass is 379 g/mol. The quantitative estimate of drug-likeness (QED) is 0.559. The maximum absolute atomic E-state index is 12.2. The summed E-state index contributed by atoms with van der Waals surface area (Å²) in [6, 6.07) is 16.3. The molecule has 3 aromatic heterocycles. The third-order valence-electron chi connectivity index (χ3n) is 4.07. The number of furan rings is 1. The molecule has 0 radical (unpaired) electrons. The van der Waals surface area contributed by atoms with Gasteiger partial charge in [0.05, 0.1) is 21.8 Å². The first kappa shape index (κ1) is 17.2. The summed E-state index contributed by atoms with van der Waals surface area (Å²) in [5.74, 6) is 0.515. The van der Waals surface area contributed by atoms with E-state index in [4.69, 9.17) is 4.42 Å². The molecule has 0 atom stereocenters. The topological polar surface area (TPSA) is 77.1 Å². The molecule has 27 heavy (non-hydrogen) atoms. The number of carbonyl (C=O) groups is 1. The average molecular weight is 379 g/mol. The molecule has 3 heterocycles. The summed E-state index contributed by atoms with van der Waals surface area (Å²) in [5, 5.41) is 3.83. The smallest absolute Gasteiger partial charge is 0.287 e. The van der Waals surface area contributed by atoms with Crippen molar-refractivity contribution < 1.29 is 9.21 Å². The van der Waals surface area contributed by atoms with Gasteiger partial charge in [0.2, 0.25) is 0 Å². The first-order valence-corrected chi connectivity index (χ1v) is 9.37. The van der Waals surface area contributed by atoms with E-state index in [1.807, 2.05) is 24.3 Å². The van der Waals surface area contributed by atoms with Crippen molar-refractivity contribution in [2.75, 3.05) is 6.54 Å².